The van der Waals surface area contributed by atoms with Gasteiger partial charge in [-0.1, -0.05) is 36.6 Å². The summed E-state index contributed by atoms with van der Waals surface area (Å²) in [5.74, 6) is 1.79. The van der Waals surface area contributed by atoms with Crippen LogP contribution in [-0.2, 0) is 0 Å². The minimum atomic E-state index is 0.177. The van der Waals surface area contributed by atoms with Gasteiger partial charge < -0.3 is 9.63 Å². The minimum absolute atomic E-state index is 0.177. The van der Waals surface area contributed by atoms with Gasteiger partial charge in [0.1, 0.15) is 5.75 Å². The normalized spacial score (nSPS) is 16.9. The Morgan fingerprint density at radius 2 is 1.89 bits per heavy atom. The number of phenols is 1. The van der Waals surface area contributed by atoms with Gasteiger partial charge in [-0.15, -0.1) is 0 Å². The molecule has 0 unspecified atom stereocenters. The maximum Gasteiger partial charge on any atom is 0.261 e. The molecule has 1 saturated carbocycles. The van der Waals surface area contributed by atoms with Crippen LogP contribution in [0.3, 0.4) is 0 Å². The number of nitrogens with zero attached hydrogens (tertiary/aromatic N) is 2. The zero-order valence-corrected chi connectivity index (χ0v) is 10.2. The second-order valence-electron chi connectivity index (χ2n) is 4.81. The largest absolute Gasteiger partial charge is 0.507 e. The summed E-state index contributed by atoms with van der Waals surface area (Å²) < 4.78 is 5.26. The predicted molar refractivity (Wildman–Crippen MR) is 67.2 cm³/mol. The van der Waals surface area contributed by atoms with Crippen LogP contribution >= 0.6 is 0 Å². The SMILES string of the molecule is Oc1ccccc1-c1nc(C2CCCCC2)no1. The lowest BCUT2D eigenvalue weighted by molar-refractivity contribution is 0.384. The smallest absolute Gasteiger partial charge is 0.261 e. The Balaban J connectivity index is 1.87. The molecule has 1 fully saturated rings. The van der Waals surface area contributed by atoms with Crippen molar-refractivity contribution in [1.29, 1.82) is 0 Å². The van der Waals surface area contributed by atoms with E-state index in [1.165, 1.54) is 19.3 Å². The van der Waals surface area contributed by atoms with Crippen molar-refractivity contribution in [1.82, 2.24) is 10.1 Å². The molecule has 0 atom stereocenters. The fourth-order valence-corrected chi connectivity index (χ4v) is 2.53. The Hall–Kier alpha value is -1.84. The molecule has 1 aromatic heterocycles. The van der Waals surface area contributed by atoms with Gasteiger partial charge in [0.15, 0.2) is 5.82 Å². The second-order valence-corrected chi connectivity index (χ2v) is 4.81. The van der Waals surface area contributed by atoms with Gasteiger partial charge >= 0.3 is 0 Å². The van der Waals surface area contributed by atoms with Crippen molar-refractivity contribution >= 4 is 0 Å². The van der Waals surface area contributed by atoms with Crippen LogP contribution in [0, 0.1) is 0 Å². The molecule has 2 aromatic rings. The van der Waals surface area contributed by atoms with Gasteiger partial charge in [0.25, 0.3) is 5.89 Å². The zero-order chi connectivity index (χ0) is 12.4. The van der Waals surface area contributed by atoms with E-state index in [1.54, 1.807) is 18.2 Å². The van der Waals surface area contributed by atoms with Crippen molar-refractivity contribution in [3.8, 4) is 17.2 Å². The Morgan fingerprint density at radius 1 is 1.11 bits per heavy atom. The monoisotopic (exact) mass is 244 g/mol. The first-order valence-electron chi connectivity index (χ1n) is 6.46. The third-order valence-corrected chi connectivity index (χ3v) is 3.55. The second kappa shape index (κ2) is 4.80. The number of para-hydroxylation sites is 1. The molecule has 0 aliphatic heterocycles. The van der Waals surface area contributed by atoms with E-state index in [-0.39, 0.29) is 5.75 Å². The number of benzene rings is 1. The number of phenolic OH excluding ortho intramolecular Hbond substituents is 1. The quantitative estimate of drug-likeness (QED) is 0.878. The number of aromatic nitrogens is 2. The Morgan fingerprint density at radius 3 is 2.67 bits per heavy atom. The molecule has 0 radical (unpaired) electrons. The highest BCUT2D eigenvalue weighted by atomic mass is 16.5. The molecule has 18 heavy (non-hydrogen) atoms. The number of aromatic hydroxyl groups is 1. The van der Waals surface area contributed by atoms with Gasteiger partial charge in [-0.05, 0) is 25.0 Å². The molecule has 0 amide bonds. The van der Waals surface area contributed by atoms with Crippen molar-refractivity contribution < 1.29 is 9.63 Å². The molecule has 0 bridgehead atoms. The van der Waals surface area contributed by atoms with Crippen molar-refractivity contribution in [3.63, 3.8) is 0 Å². The zero-order valence-electron chi connectivity index (χ0n) is 10.2. The number of rotatable bonds is 2. The predicted octanol–water partition coefficient (Wildman–Crippen LogP) is 3.49. The van der Waals surface area contributed by atoms with Gasteiger partial charge in [-0.3, -0.25) is 0 Å². The highest BCUT2D eigenvalue weighted by molar-refractivity contribution is 5.61. The van der Waals surface area contributed by atoms with Gasteiger partial charge in [-0.25, -0.2) is 0 Å². The molecule has 94 valence electrons. The highest BCUT2D eigenvalue weighted by Gasteiger charge is 2.21. The molecule has 0 saturated heterocycles. The third-order valence-electron chi connectivity index (χ3n) is 3.55. The van der Waals surface area contributed by atoms with Crippen molar-refractivity contribution in [2.75, 3.05) is 0 Å². The fourth-order valence-electron chi connectivity index (χ4n) is 2.53. The number of hydrogen-bond donors (Lipinski definition) is 1. The van der Waals surface area contributed by atoms with Crippen LogP contribution in [0.25, 0.3) is 11.5 Å². The van der Waals surface area contributed by atoms with Crippen LogP contribution in [0.2, 0.25) is 0 Å². The average molecular weight is 244 g/mol. The summed E-state index contributed by atoms with van der Waals surface area (Å²) in [7, 11) is 0. The lowest BCUT2D eigenvalue weighted by Gasteiger charge is -2.17. The highest BCUT2D eigenvalue weighted by Crippen LogP contribution is 2.33. The Labute approximate surface area is 106 Å². The van der Waals surface area contributed by atoms with Gasteiger partial charge in [0.2, 0.25) is 0 Å². The van der Waals surface area contributed by atoms with E-state index in [4.69, 9.17) is 4.52 Å². The van der Waals surface area contributed by atoms with E-state index in [0.717, 1.165) is 18.7 Å². The maximum atomic E-state index is 9.76. The first-order chi connectivity index (χ1) is 8.84. The summed E-state index contributed by atoms with van der Waals surface area (Å²) in [5, 5.41) is 13.8. The summed E-state index contributed by atoms with van der Waals surface area (Å²) in [4.78, 5) is 4.43. The number of hydrogen-bond acceptors (Lipinski definition) is 4. The van der Waals surface area contributed by atoms with Crippen molar-refractivity contribution in [3.05, 3.63) is 30.1 Å². The minimum Gasteiger partial charge on any atom is -0.507 e. The maximum absolute atomic E-state index is 9.76. The Bertz CT molecular complexity index is 530. The van der Waals surface area contributed by atoms with E-state index in [1.807, 2.05) is 6.07 Å². The van der Waals surface area contributed by atoms with Crippen LogP contribution in [-0.4, -0.2) is 15.2 Å². The lowest BCUT2D eigenvalue weighted by Crippen LogP contribution is -2.06. The molecular formula is C14H16N2O2. The molecule has 4 nitrogen and oxygen atoms in total. The van der Waals surface area contributed by atoms with Crippen molar-refractivity contribution in [2.45, 2.75) is 38.0 Å². The first-order valence-corrected chi connectivity index (χ1v) is 6.46. The first kappa shape index (κ1) is 11.3. The average Bonchev–Trinajstić information content (AvgIpc) is 2.90. The molecule has 3 rings (SSSR count). The standard InChI is InChI=1S/C14H16N2O2/c17-12-9-5-4-8-11(12)14-15-13(16-18-14)10-6-2-1-3-7-10/h4-5,8-10,17H,1-3,6-7H2. The fraction of sp³-hybridized carbons (Fsp3) is 0.429. The molecular weight excluding hydrogens is 228 g/mol. The van der Waals surface area contributed by atoms with Crippen LogP contribution in [0.15, 0.2) is 28.8 Å². The van der Waals surface area contributed by atoms with Crippen molar-refractivity contribution in [2.24, 2.45) is 0 Å². The van der Waals surface area contributed by atoms with E-state index in [0.29, 0.717) is 17.4 Å². The molecule has 4 heteroatoms. The molecule has 1 aliphatic carbocycles. The van der Waals surface area contributed by atoms with Crippen LogP contribution in [0.1, 0.15) is 43.8 Å². The Kier molecular flexibility index (Phi) is 3.00. The summed E-state index contributed by atoms with van der Waals surface area (Å²) in [6.45, 7) is 0. The van der Waals surface area contributed by atoms with E-state index in [9.17, 15) is 5.11 Å². The van der Waals surface area contributed by atoms with Gasteiger partial charge in [0.05, 0.1) is 5.56 Å². The van der Waals surface area contributed by atoms with Crippen LogP contribution < -0.4 is 0 Å². The van der Waals surface area contributed by atoms with E-state index >= 15 is 0 Å². The topological polar surface area (TPSA) is 59.2 Å². The summed E-state index contributed by atoms with van der Waals surface area (Å²) in [6, 6.07) is 7.03. The van der Waals surface area contributed by atoms with E-state index in [2.05, 4.69) is 10.1 Å². The summed E-state index contributed by atoms with van der Waals surface area (Å²) in [6.07, 6.45) is 6.07. The summed E-state index contributed by atoms with van der Waals surface area (Å²) in [5.41, 5.74) is 0.604. The summed E-state index contributed by atoms with van der Waals surface area (Å²) >= 11 is 0. The molecule has 0 spiro atoms. The molecule has 1 aromatic carbocycles. The van der Waals surface area contributed by atoms with Crippen LogP contribution in [0.4, 0.5) is 0 Å². The third kappa shape index (κ3) is 2.10. The molecule has 1 heterocycles. The van der Waals surface area contributed by atoms with Crippen LogP contribution in [0.5, 0.6) is 5.75 Å². The molecule has 1 N–H and O–H groups in total. The lowest BCUT2D eigenvalue weighted by atomic mass is 9.89. The van der Waals surface area contributed by atoms with Gasteiger partial charge in [0, 0.05) is 5.92 Å². The molecule has 1 aliphatic rings. The van der Waals surface area contributed by atoms with Gasteiger partial charge in [-0.2, -0.15) is 4.98 Å². The van der Waals surface area contributed by atoms with E-state index < -0.39 is 0 Å².